The van der Waals surface area contributed by atoms with Crippen molar-refractivity contribution < 1.29 is 9.13 Å². The van der Waals surface area contributed by atoms with Crippen molar-refractivity contribution in [3.8, 4) is 5.75 Å². The first-order chi connectivity index (χ1) is 10.6. The van der Waals surface area contributed by atoms with Crippen LogP contribution >= 0.6 is 0 Å². The van der Waals surface area contributed by atoms with E-state index in [0.717, 1.165) is 12.2 Å². The summed E-state index contributed by atoms with van der Waals surface area (Å²) >= 11 is 0. The van der Waals surface area contributed by atoms with Gasteiger partial charge in [-0.1, -0.05) is 18.2 Å². The van der Waals surface area contributed by atoms with Gasteiger partial charge in [0.2, 0.25) is 5.95 Å². The summed E-state index contributed by atoms with van der Waals surface area (Å²) < 4.78 is 19.3. The van der Waals surface area contributed by atoms with Gasteiger partial charge in [0.15, 0.2) is 11.6 Å². The Balaban J connectivity index is 1.63. The van der Waals surface area contributed by atoms with Gasteiger partial charge in [-0.15, -0.1) is 0 Å². The van der Waals surface area contributed by atoms with E-state index in [-0.39, 0.29) is 5.82 Å². The summed E-state index contributed by atoms with van der Waals surface area (Å²) in [5.74, 6) is 1.59. The first kappa shape index (κ1) is 14.6. The quantitative estimate of drug-likeness (QED) is 0.939. The van der Waals surface area contributed by atoms with Crippen LogP contribution in [0.1, 0.15) is 5.56 Å². The maximum absolute atomic E-state index is 13.6. The zero-order chi connectivity index (χ0) is 15.5. The fourth-order valence-corrected chi connectivity index (χ4v) is 2.51. The van der Waals surface area contributed by atoms with Crippen molar-refractivity contribution in [3.05, 3.63) is 41.8 Å². The maximum Gasteiger partial charge on any atom is 0.224 e. The molecule has 5 nitrogen and oxygen atoms in total. The van der Waals surface area contributed by atoms with Crippen LogP contribution in [0.2, 0.25) is 0 Å². The molecule has 1 atom stereocenters. The number of para-hydroxylation sites is 1. The van der Waals surface area contributed by atoms with Crippen molar-refractivity contribution in [3.63, 3.8) is 0 Å². The molecule has 1 aromatic carbocycles. The number of benzene rings is 1. The van der Waals surface area contributed by atoms with E-state index < -0.39 is 5.82 Å². The Hall–Kier alpha value is -2.37. The fourth-order valence-electron chi connectivity index (χ4n) is 2.51. The Morgan fingerprint density at radius 1 is 1.36 bits per heavy atom. The predicted molar refractivity (Wildman–Crippen MR) is 83.9 cm³/mol. The van der Waals surface area contributed by atoms with Gasteiger partial charge in [0.25, 0.3) is 0 Å². The van der Waals surface area contributed by atoms with Gasteiger partial charge >= 0.3 is 0 Å². The lowest BCUT2D eigenvalue weighted by molar-refractivity contribution is 0.229. The number of ether oxygens (including phenoxy) is 1. The van der Waals surface area contributed by atoms with E-state index in [1.807, 2.05) is 18.2 Å². The molecule has 22 heavy (non-hydrogen) atoms. The molecule has 0 saturated carbocycles. The van der Waals surface area contributed by atoms with Crippen molar-refractivity contribution in [2.45, 2.75) is 6.42 Å². The zero-order valence-corrected chi connectivity index (χ0v) is 12.7. The van der Waals surface area contributed by atoms with Gasteiger partial charge in [0.1, 0.15) is 5.75 Å². The number of anilines is 2. The zero-order valence-electron chi connectivity index (χ0n) is 12.7. The van der Waals surface area contributed by atoms with Gasteiger partial charge in [0, 0.05) is 26.6 Å². The van der Waals surface area contributed by atoms with Gasteiger partial charge < -0.3 is 15.0 Å². The molecule has 0 radical (unpaired) electrons. The molecule has 1 N–H and O–H groups in total. The number of rotatable bonds is 4. The monoisotopic (exact) mass is 302 g/mol. The molecule has 2 heterocycles. The molecule has 116 valence electrons. The highest BCUT2D eigenvalue weighted by Gasteiger charge is 2.19. The van der Waals surface area contributed by atoms with E-state index in [1.54, 1.807) is 19.0 Å². The molecule has 0 saturated heterocycles. The molecular formula is C16H19FN4O. The van der Waals surface area contributed by atoms with Gasteiger partial charge in [-0.05, 0) is 18.1 Å². The Kier molecular flexibility index (Phi) is 4.09. The largest absolute Gasteiger partial charge is 0.493 e. The first-order valence-corrected chi connectivity index (χ1v) is 7.28. The molecule has 0 spiro atoms. The molecule has 2 aromatic rings. The van der Waals surface area contributed by atoms with Crippen LogP contribution in [0.5, 0.6) is 5.75 Å². The Morgan fingerprint density at radius 2 is 2.18 bits per heavy atom. The second-order valence-corrected chi connectivity index (χ2v) is 5.63. The molecule has 0 fully saturated rings. The topological polar surface area (TPSA) is 50.3 Å². The summed E-state index contributed by atoms with van der Waals surface area (Å²) in [6.45, 7) is 1.35. The standard InChI is InChI=1S/C16H19FN4O/c1-21(2)15-13(17)9-19-16(20-15)18-8-11-7-12-5-3-4-6-14(12)22-10-11/h3-6,9,11H,7-8,10H2,1-2H3,(H,18,19,20). The van der Waals surface area contributed by atoms with Gasteiger partial charge in [-0.25, -0.2) is 9.37 Å². The lowest BCUT2D eigenvalue weighted by Gasteiger charge is -2.25. The highest BCUT2D eigenvalue weighted by atomic mass is 19.1. The molecular weight excluding hydrogens is 283 g/mol. The van der Waals surface area contributed by atoms with E-state index >= 15 is 0 Å². The summed E-state index contributed by atoms with van der Waals surface area (Å²) in [6.07, 6.45) is 2.14. The molecule has 3 rings (SSSR count). The molecule has 1 aromatic heterocycles. The summed E-state index contributed by atoms with van der Waals surface area (Å²) in [6, 6.07) is 8.07. The molecule has 1 aliphatic heterocycles. The summed E-state index contributed by atoms with van der Waals surface area (Å²) in [5.41, 5.74) is 1.22. The molecule has 1 aliphatic rings. The minimum atomic E-state index is -0.425. The van der Waals surface area contributed by atoms with Crippen molar-refractivity contribution in [2.24, 2.45) is 5.92 Å². The van der Waals surface area contributed by atoms with Crippen LogP contribution in [-0.2, 0) is 6.42 Å². The lowest BCUT2D eigenvalue weighted by Crippen LogP contribution is -2.28. The first-order valence-electron chi connectivity index (χ1n) is 7.28. The highest BCUT2D eigenvalue weighted by molar-refractivity contribution is 5.42. The predicted octanol–water partition coefficient (Wildman–Crippen LogP) is 2.34. The van der Waals surface area contributed by atoms with Crippen LogP contribution < -0.4 is 15.0 Å². The SMILES string of the molecule is CN(C)c1nc(NCC2COc3ccccc3C2)ncc1F. The molecule has 0 bridgehead atoms. The van der Waals surface area contributed by atoms with Crippen molar-refractivity contribution in [2.75, 3.05) is 37.5 Å². The van der Waals surface area contributed by atoms with Crippen LogP contribution in [0, 0.1) is 11.7 Å². The van der Waals surface area contributed by atoms with Gasteiger partial charge in [0.05, 0.1) is 12.8 Å². The second kappa shape index (κ2) is 6.17. The van der Waals surface area contributed by atoms with Crippen LogP contribution in [0.15, 0.2) is 30.5 Å². The van der Waals surface area contributed by atoms with E-state index in [0.29, 0.717) is 25.0 Å². The van der Waals surface area contributed by atoms with Crippen LogP contribution in [-0.4, -0.2) is 37.2 Å². The average molecular weight is 302 g/mol. The third kappa shape index (κ3) is 3.10. The highest BCUT2D eigenvalue weighted by Crippen LogP contribution is 2.26. The Bertz CT molecular complexity index is 662. The third-order valence-electron chi connectivity index (χ3n) is 3.65. The van der Waals surface area contributed by atoms with Crippen LogP contribution in [0.3, 0.4) is 0 Å². The van der Waals surface area contributed by atoms with Crippen LogP contribution in [0.4, 0.5) is 16.2 Å². The van der Waals surface area contributed by atoms with E-state index in [9.17, 15) is 4.39 Å². The van der Waals surface area contributed by atoms with Crippen molar-refractivity contribution in [1.29, 1.82) is 0 Å². The van der Waals surface area contributed by atoms with E-state index in [2.05, 4.69) is 21.4 Å². The van der Waals surface area contributed by atoms with Crippen molar-refractivity contribution >= 4 is 11.8 Å². The number of fused-ring (bicyclic) bond motifs is 1. The number of nitrogens with zero attached hydrogens (tertiary/aromatic N) is 3. The lowest BCUT2D eigenvalue weighted by atomic mass is 9.97. The third-order valence-corrected chi connectivity index (χ3v) is 3.65. The van der Waals surface area contributed by atoms with Crippen molar-refractivity contribution in [1.82, 2.24) is 9.97 Å². The number of aromatic nitrogens is 2. The number of hydrogen-bond donors (Lipinski definition) is 1. The average Bonchev–Trinajstić information content (AvgIpc) is 2.53. The summed E-state index contributed by atoms with van der Waals surface area (Å²) in [7, 11) is 3.50. The normalized spacial score (nSPS) is 16.6. The molecule has 6 heteroatoms. The van der Waals surface area contributed by atoms with Gasteiger partial charge in [-0.2, -0.15) is 4.98 Å². The summed E-state index contributed by atoms with van der Waals surface area (Å²) in [5, 5.41) is 3.17. The van der Waals surface area contributed by atoms with E-state index in [1.165, 1.54) is 11.8 Å². The van der Waals surface area contributed by atoms with Crippen LogP contribution in [0.25, 0.3) is 0 Å². The van der Waals surface area contributed by atoms with Gasteiger partial charge in [-0.3, -0.25) is 0 Å². The molecule has 0 amide bonds. The second-order valence-electron chi connectivity index (χ2n) is 5.63. The van der Waals surface area contributed by atoms with E-state index in [4.69, 9.17) is 4.74 Å². The molecule has 0 aliphatic carbocycles. The smallest absolute Gasteiger partial charge is 0.224 e. The fraction of sp³-hybridized carbons (Fsp3) is 0.375. The Labute approximate surface area is 129 Å². The minimum absolute atomic E-state index is 0.280. The maximum atomic E-state index is 13.6. The Morgan fingerprint density at radius 3 is 3.00 bits per heavy atom. The molecule has 1 unspecified atom stereocenters. The summed E-state index contributed by atoms with van der Waals surface area (Å²) in [4.78, 5) is 9.80. The number of halogens is 1. The minimum Gasteiger partial charge on any atom is -0.493 e. The number of nitrogens with one attached hydrogen (secondary N) is 1. The number of hydrogen-bond acceptors (Lipinski definition) is 5.